The van der Waals surface area contributed by atoms with Crippen LogP contribution >= 0.6 is 0 Å². The maximum absolute atomic E-state index is 15.1. The van der Waals surface area contributed by atoms with Crippen molar-refractivity contribution in [3.8, 4) is 16.9 Å². The predicted octanol–water partition coefficient (Wildman–Crippen LogP) is 8.91. The number of aromatic nitrogens is 3. The molecule has 0 unspecified atom stereocenters. The Labute approximate surface area is 237 Å². The number of hydrogen-bond acceptors (Lipinski definition) is 2. The number of rotatable bonds is 4. The molecule has 0 atom stereocenters. The van der Waals surface area contributed by atoms with Crippen molar-refractivity contribution in [2.75, 3.05) is 5.32 Å². The Balaban J connectivity index is 0.000000524. The van der Waals surface area contributed by atoms with Crippen molar-refractivity contribution in [1.29, 1.82) is 0 Å². The second kappa shape index (κ2) is 11.5. The molecule has 214 valence electrons. The summed E-state index contributed by atoms with van der Waals surface area (Å²) in [4.78, 5) is 3.78. The molecule has 42 heavy (non-hydrogen) atoms. The van der Waals surface area contributed by atoms with Crippen LogP contribution in [0.3, 0.4) is 0 Å². The fourth-order valence-corrected chi connectivity index (χ4v) is 4.54. The number of nitrogens with one attached hydrogen (secondary N) is 1. The van der Waals surface area contributed by atoms with Crippen LogP contribution in [0.25, 0.3) is 27.8 Å². The topological polar surface area (TPSA) is 34.8 Å². The van der Waals surface area contributed by atoms with Gasteiger partial charge in [0.05, 0.1) is 34.6 Å². The average molecular weight is 579 g/mol. The molecule has 6 aromatic rings. The molecule has 0 amide bonds. The summed E-state index contributed by atoms with van der Waals surface area (Å²) < 4.78 is 91.4. The smallest absolute Gasteiger partial charge is 0.183 e. The molecule has 1 N–H and O–H groups in total. The van der Waals surface area contributed by atoms with E-state index in [1.54, 1.807) is 38.5 Å². The molecule has 2 heterocycles. The SMILES string of the molecule is Cc1ccc(Nc2c(-c3cc4ccc(F)c(F)c4n3-c3ccc(C)cc3F)ccc(F)c2F)c(F)c1.Cn1ccnc1. The summed E-state index contributed by atoms with van der Waals surface area (Å²) in [6.07, 6.45) is 5.39. The van der Waals surface area contributed by atoms with Crippen LogP contribution in [0, 0.1) is 48.8 Å². The summed E-state index contributed by atoms with van der Waals surface area (Å²) in [6, 6.07) is 14.0. The normalized spacial score (nSPS) is 11.0. The molecule has 2 aromatic heterocycles. The average Bonchev–Trinajstić information content (AvgIpc) is 3.58. The summed E-state index contributed by atoms with van der Waals surface area (Å²) >= 11 is 0. The second-order valence-electron chi connectivity index (χ2n) is 9.74. The van der Waals surface area contributed by atoms with Crippen molar-refractivity contribution < 1.29 is 26.3 Å². The lowest BCUT2D eigenvalue weighted by atomic mass is 10.1. The van der Waals surface area contributed by atoms with Crippen molar-refractivity contribution in [2.24, 2.45) is 7.05 Å². The van der Waals surface area contributed by atoms with Gasteiger partial charge in [-0.25, -0.2) is 31.3 Å². The summed E-state index contributed by atoms with van der Waals surface area (Å²) in [5, 5.41) is 2.78. The number of imidazole rings is 1. The number of aryl methyl sites for hydroxylation is 3. The zero-order chi connectivity index (χ0) is 30.1. The van der Waals surface area contributed by atoms with Gasteiger partial charge in [0.15, 0.2) is 23.3 Å². The molecule has 4 aromatic carbocycles. The summed E-state index contributed by atoms with van der Waals surface area (Å²) in [7, 11) is 1.94. The highest BCUT2D eigenvalue weighted by Crippen LogP contribution is 2.40. The fourth-order valence-electron chi connectivity index (χ4n) is 4.54. The first-order valence-electron chi connectivity index (χ1n) is 12.7. The maximum Gasteiger partial charge on any atom is 0.183 e. The van der Waals surface area contributed by atoms with Crippen molar-refractivity contribution in [3.05, 3.63) is 131 Å². The minimum atomic E-state index is -1.32. The highest BCUT2D eigenvalue weighted by Gasteiger charge is 2.24. The number of anilines is 2. The van der Waals surface area contributed by atoms with Crippen molar-refractivity contribution in [2.45, 2.75) is 13.8 Å². The highest BCUT2D eigenvalue weighted by molar-refractivity contribution is 5.93. The lowest BCUT2D eigenvalue weighted by Crippen LogP contribution is -2.06. The van der Waals surface area contributed by atoms with Crippen LogP contribution in [-0.4, -0.2) is 14.1 Å². The van der Waals surface area contributed by atoms with E-state index in [0.717, 1.165) is 16.7 Å². The van der Waals surface area contributed by atoms with Gasteiger partial charge in [-0.05, 0) is 79.6 Å². The van der Waals surface area contributed by atoms with E-state index in [4.69, 9.17) is 0 Å². The molecule has 0 aliphatic carbocycles. The molecule has 0 fully saturated rings. The Morgan fingerprint density at radius 2 is 1.36 bits per heavy atom. The molecular weight excluding hydrogens is 554 g/mol. The van der Waals surface area contributed by atoms with Crippen molar-refractivity contribution in [1.82, 2.24) is 14.1 Å². The Morgan fingerprint density at radius 1 is 0.690 bits per heavy atom. The summed E-state index contributed by atoms with van der Waals surface area (Å²) in [6.45, 7) is 3.33. The third kappa shape index (κ3) is 5.47. The first-order valence-corrected chi connectivity index (χ1v) is 12.7. The van der Waals surface area contributed by atoms with Crippen LogP contribution in [0.2, 0.25) is 0 Å². The minimum Gasteiger partial charge on any atom is -0.350 e. The van der Waals surface area contributed by atoms with Gasteiger partial charge >= 0.3 is 0 Å². The predicted molar refractivity (Wildman–Crippen MR) is 151 cm³/mol. The van der Waals surface area contributed by atoms with E-state index in [9.17, 15) is 13.2 Å². The van der Waals surface area contributed by atoms with E-state index < -0.39 is 40.6 Å². The van der Waals surface area contributed by atoms with Gasteiger partial charge < -0.3 is 14.5 Å². The van der Waals surface area contributed by atoms with Gasteiger partial charge in [-0.1, -0.05) is 12.1 Å². The number of benzene rings is 4. The number of fused-ring (bicyclic) bond motifs is 1. The Kier molecular flexibility index (Phi) is 7.80. The number of nitrogens with zero attached hydrogens (tertiary/aromatic N) is 3. The third-order valence-corrected chi connectivity index (χ3v) is 6.59. The molecule has 10 heteroatoms. The summed E-state index contributed by atoms with van der Waals surface area (Å²) in [5.74, 6) is -6.37. The lowest BCUT2D eigenvalue weighted by Gasteiger charge is -2.18. The zero-order valence-corrected chi connectivity index (χ0v) is 22.7. The van der Waals surface area contributed by atoms with Crippen LogP contribution in [0.5, 0.6) is 0 Å². The first-order chi connectivity index (χ1) is 20.0. The standard InChI is InChI=1S/C28H18F6N2.C4H6N2/c1-14-3-9-22(20(31)11-14)35-27-17(6-8-18(29)25(27)33)24-13-16-5-7-19(30)26(34)28(16)36(24)23-10-4-15(2)12-21(23)32;1-6-3-2-5-4-6/h3-13,35H,1-2H3;2-4H,1H3. The zero-order valence-electron chi connectivity index (χ0n) is 22.7. The van der Waals surface area contributed by atoms with Crippen LogP contribution in [0.4, 0.5) is 37.7 Å². The first kappa shape index (κ1) is 28.5. The van der Waals surface area contributed by atoms with E-state index >= 15 is 13.2 Å². The molecular formula is C32H24F6N4. The van der Waals surface area contributed by atoms with Gasteiger partial charge in [-0.2, -0.15) is 0 Å². The minimum absolute atomic E-state index is 0.0233. The molecule has 4 nitrogen and oxygen atoms in total. The monoisotopic (exact) mass is 578 g/mol. The Morgan fingerprint density at radius 3 is 1.98 bits per heavy atom. The molecule has 0 bridgehead atoms. The number of hydrogen-bond donors (Lipinski definition) is 1. The largest absolute Gasteiger partial charge is 0.350 e. The van der Waals surface area contributed by atoms with Crippen LogP contribution in [0.15, 0.2) is 85.5 Å². The molecule has 0 radical (unpaired) electrons. The van der Waals surface area contributed by atoms with Gasteiger partial charge in [0, 0.05) is 30.4 Å². The third-order valence-electron chi connectivity index (χ3n) is 6.59. The Bertz CT molecular complexity index is 1910. The van der Waals surface area contributed by atoms with E-state index in [0.29, 0.717) is 11.1 Å². The van der Waals surface area contributed by atoms with E-state index in [2.05, 4.69) is 10.3 Å². The van der Waals surface area contributed by atoms with Crippen LogP contribution in [-0.2, 0) is 7.05 Å². The fraction of sp³-hybridized carbons (Fsp3) is 0.0938. The summed E-state index contributed by atoms with van der Waals surface area (Å²) in [5.41, 5.74) is 0.215. The van der Waals surface area contributed by atoms with Gasteiger partial charge in [0.25, 0.3) is 0 Å². The number of halogens is 6. The Hall–Kier alpha value is -4.99. The molecule has 0 aliphatic rings. The van der Waals surface area contributed by atoms with Crippen LogP contribution < -0.4 is 5.32 Å². The van der Waals surface area contributed by atoms with Crippen molar-refractivity contribution in [3.63, 3.8) is 0 Å². The van der Waals surface area contributed by atoms with Gasteiger partial charge in [-0.15, -0.1) is 0 Å². The van der Waals surface area contributed by atoms with Gasteiger partial charge in [0.2, 0.25) is 0 Å². The van der Waals surface area contributed by atoms with Gasteiger partial charge in [0.1, 0.15) is 11.6 Å². The molecule has 0 saturated carbocycles. The molecule has 6 rings (SSSR count). The highest BCUT2D eigenvalue weighted by atomic mass is 19.2. The quantitative estimate of drug-likeness (QED) is 0.212. The van der Waals surface area contributed by atoms with Crippen molar-refractivity contribution >= 4 is 22.3 Å². The maximum atomic E-state index is 15.1. The van der Waals surface area contributed by atoms with E-state index in [1.807, 2.05) is 17.8 Å². The van der Waals surface area contributed by atoms with Crippen LogP contribution in [0.1, 0.15) is 11.1 Å². The second-order valence-corrected chi connectivity index (χ2v) is 9.74. The van der Waals surface area contributed by atoms with E-state index in [1.165, 1.54) is 42.5 Å². The molecule has 0 spiro atoms. The van der Waals surface area contributed by atoms with E-state index in [-0.39, 0.29) is 33.5 Å². The van der Waals surface area contributed by atoms with Gasteiger partial charge in [-0.3, -0.25) is 0 Å². The lowest BCUT2D eigenvalue weighted by molar-refractivity contribution is 0.511. The molecule has 0 saturated heterocycles. The molecule has 0 aliphatic heterocycles.